The predicted octanol–water partition coefficient (Wildman–Crippen LogP) is 4.08. The summed E-state index contributed by atoms with van der Waals surface area (Å²) in [4.78, 5) is 12.4. The van der Waals surface area contributed by atoms with Crippen LogP contribution in [-0.2, 0) is 13.0 Å². The molecule has 0 aliphatic heterocycles. The molecule has 1 N–H and O–H groups in total. The summed E-state index contributed by atoms with van der Waals surface area (Å²) in [6.07, 6.45) is 0.919. The van der Waals surface area contributed by atoms with E-state index in [4.69, 9.17) is 0 Å². The van der Waals surface area contributed by atoms with Crippen molar-refractivity contribution in [2.24, 2.45) is 0 Å². The molecule has 0 aliphatic rings. The summed E-state index contributed by atoms with van der Waals surface area (Å²) in [6, 6.07) is 14.6. The third-order valence-corrected chi connectivity index (χ3v) is 4.50. The van der Waals surface area contributed by atoms with Crippen molar-refractivity contribution >= 4 is 27.5 Å². The van der Waals surface area contributed by atoms with Crippen molar-refractivity contribution in [3.8, 4) is 0 Å². The predicted molar refractivity (Wildman–Crippen MR) is 92.6 cm³/mol. The molecule has 114 valence electrons. The third kappa shape index (κ3) is 3.07. The molecule has 3 aromatic rings. The van der Waals surface area contributed by atoms with Crippen LogP contribution in [0.1, 0.15) is 29.9 Å². The van der Waals surface area contributed by atoms with Crippen LogP contribution in [-0.4, -0.2) is 16.5 Å². The highest BCUT2D eigenvalue weighted by Crippen LogP contribution is 2.25. The zero-order valence-corrected chi connectivity index (χ0v) is 13.7. The molecule has 3 nitrogen and oxygen atoms in total. The minimum absolute atomic E-state index is 0.00598. The molecule has 2 heterocycles. The molecule has 0 bridgehead atoms. The molecule has 3 rings (SSSR count). The van der Waals surface area contributed by atoms with Gasteiger partial charge >= 0.3 is 0 Å². The maximum atomic E-state index is 12.4. The first-order chi connectivity index (χ1) is 10.6. The second kappa shape index (κ2) is 6.36. The first-order valence-corrected chi connectivity index (χ1v) is 8.44. The zero-order valence-electron chi connectivity index (χ0n) is 12.9. The Morgan fingerprint density at radius 3 is 2.73 bits per heavy atom. The molecule has 1 aromatic carbocycles. The molecule has 2 aromatic heterocycles. The fraction of sp³-hybridized carbons (Fsp3) is 0.278. The highest BCUT2D eigenvalue weighted by atomic mass is 32.1. The van der Waals surface area contributed by atoms with E-state index in [0.29, 0.717) is 0 Å². The Morgan fingerprint density at radius 2 is 2.00 bits per heavy atom. The van der Waals surface area contributed by atoms with Gasteiger partial charge in [-0.3, -0.25) is 4.79 Å². The van der Waals surface area contributed by atoms with E-state index in [1.165, 1.54) is 10.3 Å². The van der Waals surface area contributed by atoms with Crippen LogP contribution in [0.5, 0.6) is 0 Å². The minimum atomic E-state index is 0.00598. The van der Waals surface area contributed by atoms with Crippen molar-refractivity contribution in [2.75, 3.05) is 0 Å². The topological polar surface area (TPSA) is 34.0 Å². The van der Waals surface area contributed by atoms with E-state index in [0.717, 1.165) is 24.2 Å². The van der Waals surface area contributed by atoms with Crippen LogP contribution in [0.3, 0.4) is 0 Å². The number of hydrogen-bond donors (Lipinski definition) is 1. The van der Waals surface area contributed by atoms with Gasteiger partial charge in [-0.1, -0.05) is 30.3 Å². The third-order valence-electron chi connectivity index (χ3n) is 3.64. The average Bonchev–Trinajstić information content (AvgIpc) is 3.06. The number of carbonyl (C=O) groups is 1. The Kier molecular flexibility index (Phi) is 4.29. The smallest absolute Gasteiger partial charge is 0.268 e. The highest BCUT2D eigenvalue weighted by molar-refractivity contribution is 7.17. The SMILES string of the molecule is CC(C)NC(=O)c1cc2sccc2n1CCc1ccccc1. The maximum absolute atomic E-state index is 12.4. The molecule has 0 fully saturated rings. The quantitative estimate of drug-likeness (QED) is 0.756. The van der Waals surface area contributed by atoms with Gasteiger partial charge in [-0.05, 0) is 43.3 Å². The summed E-state index contributed by atoms with van der Waals surface area (Å²) in [5.41, 5.74) is 3.19. The summed E-state index contributed by atoms with van der Waals surface area (Å²) in [7, 11) is 0. The number of amides is 1. The highest BCUT2D eigenvalue weighted by Gasteiger charge is 2.16. The number of aromatic nitrogens is 1. The molecular weight excluding hydrogens is 292 g/mol. The van der Waals surface area contributed by atoms with Crippen molar-refractivity contribution in [3.63, 3.8) is 0 Å². The second-order valence-electron chi connectivity index (χ2n) is 5.72. The lowest BCUT2D eigenvalue weighted by Gasteiger charge is -2.12. The van der Waals surface area contributed by atoms with Gasteiger partial charge in [-0.25, -0.2) is 0 Å². The number of benzene rings is 1. The van der Waals surface area contributed by atoms with Gasteiger partial charge in [0.05, 0.1) is 10.2 Å². The number of fused-ring (bicyclic) bond motifs is 1. The molecule has 1 amide bonds. The van der Waals surface area contributed by atoms with Crippen molar-refractivity contribution < 1.29 is 4.79 Å². The molecule has 0 unspecified atom stereocenters. The van der Waals surface area contributed by atoms with E-state index in [-0.39, 0.29) is 11.9 Å². The summed E-state index contributed by atoms with van der Waals surface area (Å²) >= 11 is 1.68. The van der Waals surface area contributed by atoms with Gasteiger partial charge < -0.3 is 9.88 Å². The maximum Gasteiger partial charge on any atom is 0.268 e. The van der Waals surface area contributed by atoms with Crippen molar-refractivity contribution in [1.82, 2.24) is 9.88 Å². The Hall–Kier alpha value is -2.07. The van der Waals surface area contributed by atoms with E-state index in [1.807, 2.05) is 26.0 Å². The van der Waals surface area contributed by atoms with Gasteiger partial charge in [0.1, 0.15) is 5.69 Å². The lowest BCUT2D eigenvalue weighted by molar-refractivity contribution is 0.0934. The first-order valence-electron chi connectivity index (χ1n) is 7.56. The lowest BCUT2D eigenvalue weighted by Crippen LogP contribution is -2.31. The first kappa shape index (κ1) is 14.9. The van der Waals surface area contributed by atoms with E-state index in [1.54, 1.807) is 11.3 Å². The molecule has 0 aliphatic carbocycles. The van der Waals surface area contributed by atoms with Gasteiger partial charge in [0.25, 0.3) is 5.91 Å². The Bertz CT molecular complexity index is 771. The molecule has 22 heavy (non-hydrogen) atoms. The Labute approximate surface area is 134 Å². The van der Waals surface area contributed by atoms with Crippen LogP contribution in [0.2, 0.25) is 0 Å². The average molecular weight is 312 g/mol. The van der Waals surface area contributed by atoms with Crippen LogP contribution in [0.15, 0.2) is 47.8 Å². The molecule has 0 spiro atoms. The lowest BCUT2D eigenvalue weighted by atomic mass is 10.1. The summed E-state index contributed by atoms with van der Waals surface area (Å²) < 4.78 is 3.30. The van der Waals surface area contributed by atoms with E-state index in [9.17, 15) is 4.79 Å². The van der Waals surface area contributed by atoms with Crippen LogP contribution in [0, 0.1) is 0 Å². The Balaban J connectivity index is 1.89. The fourth-order valence-electron chi connectivity index (χ4n) is 2.63. The number of aryl methyl sites for hydroxylation is 2. The number of nitrogens with zero attached hydrogens (tertiary/aromatic N) is 1. The molecule has 0 radical (unpaired) electrons. The Morgan fingerprint density at radius 1 is 1.23 bits per heavy atom. The van der Waals surface area contributed by atoms with Gasteiger partial charge in [-0.2, -0.15) is 0 Å². The zero-order chi connectivity index (χ0) is 15.5. The molecule has 4 heteroatoms. The molecule has 0 saturated carbocycles. The number of carbonyl (C=O) groups excluding carboxylic acids is 1. The fourth-order valence-corrected chi connectivity index (χ4v) is 3.45. The summed E-state index contributed by atoms with van der Waals surface area (Å²) in [5, 5.41) is 5.07. The van der Waals surface area contributed by atoms with Gasteiger partial charge in [0, 0.05) is 12.6 Å². The van der Waals surface area contributed by atoms with Gasteiger partial charge in [0.2, 0.25) is 0 Å². The molecular formula is C18H20N2OS. The number of thiophene rings is 1. The molecule has 0 saturated heterocycles. The van der Waals surface area contributed by atoms with Crippen LogP contribution in [0.25, 0.3) is 10.2 Å². The van der Waals surface area contributed by atoms with Crippen molar-refractivity contribution in [3.05, 3.63) is 59.1 Å². The number of hydrogen-bond acceptors (Lipinski definition) is 2. The van der Waals surface area contributed by atoms with Crippen molar-refractivity contribution in [1.29, 1.82) is 0 Å². The number of nitrogens with one attached hydrogen (secondary N) is 1. The van der Waals surface area contributed by atoms with Crippen LogP contribution < -0.4 is 5.32 Å². The minimum Gasteiger partial charge on any atom is -0.349 e. The summed E-state index contributed by atoms with van der Waals surface area (Å²) in [5.74, 6) is 0.00598. The second-order valence-corrected chi connectivity index (χ2v) is 6.66. The van der Waals surface area contributed by atoms with E-state index >= 15 is 0 Å². The van der Waals surface area contributed by atoms with E-state index in [2.05, 4.69) is 45.6 Å². The van der Waals surface area contributed by atoms with E-state index < -0.39 is 0 Å². The monoisotopic (exact) mass is 312 g/mol. The van der Waals surface area contributed by atoms with Crippen LogP contribution >= 0.6 is 11.3 Å². The molecule has 0 atom stereocenters. The van der Waals surface area contributed by atoms with Gasteiger partial charge in [0.15, 0.2) is 0 Å². The largest absolute Gasteiger partial charge is 0.349 e. The summed E-state index contributed by atoms with van der Waals surface area (Å²) in [6.45, 7) is 4.78. The normalized spacial score (nSPS) is 11.2. The van der Waals surface area contributed by atoms with Gasteiger partial charge in [-0.15, -0.1) is 11.3 Å². The van der Waals surface area contributed by atoms with Crippen LogP contribution in [0.4, 0.5) is 0 Å². The van der Waals surface area contributed by atoms with Crippen molar-refractivity contribution in [2.45, 2.75) is 32.9 Å². The number of rotatable bonds is 5. The standard InChI is InChI=1S/C18H20N2OS/c1-13(2)19-18(21)16-12-17-15(9-11-22-17)20(16)10-8-14-6-4-3-5-7-14/h3-7,9,11-13H,8,10H2,1-2H3,(H,19,21).